The highest BCUT2D eigenvalue weighted by atomic mass is 16.5. The molecule has 0 heterocycles. The van der Waals surface area contributed by atoms with Crippen LogP contribution < -0.4 is 10.1 Å². The molecular formula is C16H23NO3. The summed E-state index contributed by atoms with van der Waals surface area (Å²) >= 11 is 0. The number of rotatable bonds is 6. The summed E-state index contributed by atoms with van der Waals surface area (Å²) in [6.45, 7) is 4.69. The van der Waals surface area contributed by atoms with Crippen LogP contribution in [-0.4, -0.2) is 29.3 Å². The Hall–Kier alpha value is -1.55. The SMILES string of the molecule is CCNC1(C(=O)O)CCC(Oc2ccccc2CC)C1. The molecule has 20 heavy (non-hydrogen) atoms. The van der Waals surface area contributed by atoms with Gasteiger partial charge in [-0.1, -0.05) is 32.0 Å². The van der Waals surface area contributed by atoms with Crippen LogP contribution in [0, 0.1) is 0 Å². The van der Waals surface area contributed by atoms with E-state index in [1.807, 2.05) is 25.1 Å². The molecule has 2 atom stereocenters. The summed E-state index contributed by atoms with van der Waals surface area (Å²) in [7, 11) is 0. The minimum absolute atomic E-state index is 0.0298. The molecule has 2 N–H and O–H groups in total. The lowest BCUT2D eigenvalue weighted by atomic mass is 9.98. The zero-order valence-electron chi connectivity index (χ0n) is 12.2. The van der Waals surface area contributed by atoms with E-state index in [1.54, 1.807) is 0 Å². The molecule has 1 fully saturated rings. The average molecular weight is 277 g/mol. The van der Waals surface area contributed by atoms with E-state index < -0.39 is 11.5 Å². The van der Waals surface area contributed by atoms with Gasteiger partial charge in [-0.3, -0.25) is 4.79 Å². The summed E-state index contributed by atoms with van der Waals surface area (Å²) in [6, 6.07) is 7.98. The van der Waals surface area contributed by atoms with E-state index in [0.29, 0.717) is 19.4 Å². The van der Waals surface area contributed by atoms with Gasteiger partial charge in [-0.2, -0.15) is 0 Å². The van der Waals surface area contributed by atoms with Gasteiger partial charge in [0.1, 0.15) is 17.4 Å². The molecule has 0 aromatic heterocycles. The van der Waals surface area contributed by atoms with Gasteiger partial charge < -0.3 is 15.2 Å². The molecule has 0 amide bonds. The topological polar surface area (TPSA) is 58.6 Å². The number of carboxylic acid groups (broad SMARTS) is 1. The lowest BCUT2D eigenvalue weighted by Crippen LogP contribution is -2.50. The Morgan fingerprint density at radius 1 is 1.45 bits per heavy atom. The van der Waals surface area contributed by atoms with Gasteiger partial charge in [-0.25, -0.2) is 0 Å². The fourth-order valence-corrected chi connectivity index (χ4v) is 2.96. The normalized spacial score (nSPS) is 25.6. The summed E-state index contributed by atoms with van der Waals surface area (Å²) in [5.74, 6) is 0.118. The molecule has 2 rings (SSSR count). The first-order valence-corrected chi connectivity index (χ1v) is 7.34. The number of carboxylic acids is 1. The van der Waals surface area contributed by atoms with Crippen LogP contribution in [0.25, 0.3) is 0 Å². The molecular weight excluding hydrogens is 254 g/mol. The first kappa shape index (κ1) is 14.9. The first-order valence-electron chi connectivity index (χ1n) is 7.34. The van der Waals surface area contributed by atoms with Gasteiger partial charge in [0.2, 0.25) is 0 Å². The standard InChI is InChI=1S/C16H23NO3/c1-3-12-7-5-6-8-14(12)20-13-9-10-16(11-13,15(18)19)17-4-2/h5-8,13,17H,3-4,9-11H2,1-2H3,(H,18,19). The summed E-state index contributed by atoms with van der Waals surface area (Å²) < 4.78 is 6.05. The Kier molecular flexibility index (Phi) is 4.65. The second kappa shape index (κ2) is 6.27. The number of benzene rings is 1. The van der Waals surface area contributed by atoms with E-state index in [4.69, 9.17) is 4.74 Å². The molecule has 4 nitrogen and oxygen atoms in total. The van der Waals surface area contributed by atoms with E-state index in [1.165, 1.54) is 5.56 Å². The van der Waals surface area contributed by atoms with Crippen molar-refractivity contribution in [1.29, 1.82) is 0 Å². The number of nitrogens with one attached hydrogen (secondary N) is 1. The summed E-state index contributed by atoms with van der Waals surface area (Å²) in [5.41, 5.74) is 0.351. The maximum Gasteiger partial charge on any atom is 0.324 e. The highest BCUT2D eigenvalue weighted by Crippen LogP contribution is 2.34. The number of aryl methyl sites for hydroxylation is 1. The Labute approximate surface area is 120 Å². The molecule has 1 saturated carbocycles. The van der Waals surface area contributed by atoms with Crippen LogP contribution >= 0.6 is 0 Å². The third kappa shape index (κ3) is 2.96. The number of hydrogen-bond donors (Lipinski definition) is 2. The van der Waals surface area contributed by atoms with Crippen LogP contribution in [0.1, 0.15) is 38.7 Å². The van der Waals surface area contributed by atoms with Crippen molar-refractivity contribution in [2.24, 2.45) is 0 Å². The highest BCUT2D eigenvalue weighted by molar-refractivity contribution is 5.79. The van der Waals surface area contributed by atoms with E-state index in [2.05, 4.69) is 18.3 Å². The quantitative estimate of drug-likeness (QED) is 0.839. The predicted molar refractivity (Wildman–Crippen MR) is 78.1 cm³/mol. The zero-order chi connectivity index (χ0) is 14.6. The lowest BCUT2D eigenvalue weighted by Gasteiger charge is -2.25. The molecule has 4 heteroatoms. The van der Waals surface area contributed by atoms with Gasteiger partial charge in [0, 0.05) is 6.42 Å². The highest BCUT2D eigenvalue weighted by Gasteiger charge is 2.45. The smallest absolute Gasteiger partial charge is 0.324 e. The number of hydrogen-bond acceptors (Lipinski definition) is 3. The van der Waals surface area contributed by atoms with Crippen LogP contribution in [0.3, 0.4) is 0 Å². The fourth-order valence-electron chi connectivity index (χ4n) is 2.96. The number of aliphatic carboxylic acids is 1. The first-order chi connectivity index (χ1) is 9.61. The molecule has 1 aliphatic rings. The average Bonchev–Trinajstić information content (AvgIpc) is 2.84. The molecule has 0 aliphatic heterocycles. The Balaban J connectivity index is 2.07. The van der Waals surface area contributed by atoms with Gasteiger partial charge >= 0.3 is 5.97 Å². The van der Waals surface area contributed by atoms with E-state index in [0.717, 1.165) is 18.6 Å². The maximum absolute atomic E-state index is 11.5. The van der Waals surface area contributed by atoms with Crippen LogP contribution in [0.15, 0.2) is 24.3 Å². The van der Waals surface area contributed by atoms with Crippen molar-refractivity contribution in [2.75, 3.05) is 6.54 Å². The van der Waals surface area contributed by atoms with Crippen LogP contribution in [0.5, 0.6) is 5.75 Å². The van der Waals surface area contributed by atoms with Crippen molar-refractivity contribution in [3.63, 3.8) is 0 Å². The summed E-state index contributed by atoms with van der Waals surface area (Å²) in [6.07, 6.45) is 2.80. The zero-order valence-corrected chi connectivity index (χ0v) is 12.2. The third-order valence-corrected chi connectivity index (χ3v) is 4.04. The second-order valence-corrected chi connectivity index (χ2v) is 5.36. The van der Waals surface area contributed by atoms with Gasteiger partial charge in [-0.15, -0.1) is 0 Å². The molecule has 0 radical (unpaired) electrons. The number of likely N-dealkylation sites (N-methyl/N-ethyl adjacent to an activating group) is 1. The molecule has 110 valence electrons. The van der Waals surface area contributed by atoms with E-state index in [-0.39, 0.29) is 6.10 Å². The number of carbonyl (C=O) groups is 1. The van der Waals surface area contributed by atoms with Gasteiger partial charge in [-0.05, 0) is 37.4 Å². The molecule has 2 unspecified atom stereocenters. The second-order valence-electron chi connectivity index (χ2n) is 5.36. The largest absolute Gasteiger partial charge is 0.490 e. The number of ether oxygens (including phenoxy) is 1. The monoisotopic (exact) mass is 277 g/mol. The van der Waals surface area contributed by atoms with Crippen molar-refractivity contribution >= 4 is 5.97 Å². The molecule has 1 aromatic rings. The van der Waals surface area contributed by atoms with Crippen molar-refractivity contribution in [3.05, 3.63) is 29.8 Å². The summed E-state index contributed by atoms with van der Waals surface area (Å²) in [5, 5.41) is 12.6. The van der Waals surface area contributed by atoms with Crippen molar-refractivity contribution < 1.29 is 14.6 Å². The maximum atomic E-state index is 11.5. The van der Waals surface area contributed by atoms with Crippen LogP contribution in [-0.2, 0) is 11.2 Å². The Bertz CT molecular complexity index is 475. The van der Waals surface area contributed by atoms with Gasteiger partial charge in [0.15, 0.2) is 0 Å². The van der Waals surface area contributed by atoms with Gasteiger partial charge in [0.05, 0.1) is 0 Å². The van der Waals surface area contributed by atoms with Crippen molar-refractivity contribution in [1.82, 2.24) is 5.32 Å². The predicted octanol–water partition coefficient (Wildman–Crippen LogP) is 2.61. The molecule has 0 saturated heterocycles. The third-order valence-electron chi connectivity index (χ3n) is 4.04. The van der Waals surface area contributed by atoms with Crippen molar-refractivity contribution in [2.45, 2.75) is 51.2 Å². The lowest BCUT2D eigenvalue weighted by molar-refractivity contribution is -0.144. The molecule has 0 spiro atoms. The fraction of sp³-hybridized carbons (Fsp3) is 0.562. The Morgan fingerprint density at radius 3 is 2.85 bits per heavy atom. The Morgan fingerprint density at radius 2 is 2.20 bits per heavy atom. The summed E-state index contributed by atoms with van der Waals surface area (Å²) in [4.78, 5) is 11.5. The van der Waals surface area contributed by atoms with Crippen LogP contribution in [0.2, 0.25) is 0 Å². The number of para-hydroxylation sites is 1. The molecule has 0 bridgehead atoms. The minimum Gasteiger partial charge on any atom is -0.490 e. The van der Waals surface area contributed by atoms with E-state index >= 15 is 0 Å². The van der Waals surface area contributed by atoms with Crippen molar-refractivity contribution in [3.8, 4) is 5.75 Å². The minimum atomic E-state index is -0.819. The van der Waals surface area contributed by atoms with Crippen LogP contribution in [0.4, 0.5) is 0 Å². The van der Waals surface area contributed by atoms with Gasteiger partial charge in [0.25, 0.3) is 0 Å². The molecule has 1 aromatic carbocycles. The molecule has 1 aliphatic carbocycles. The van der Waals surface area contributed by atoms with E-state index in [9.17, 15) is 9.90 Å².